The molecule has 1 fully saturated rings. The minimum Gasteiger partial charge on any atom is -0.378 e. The van der Waals surface area contributed by atoms with E-state index in [9.17, 15) is 4.39 Å². The predicted octanol–water partition coefficient (Wildman–Crippen LogP) is 3.29. The molecule has 1 aromatic carbocycles. The maximum Gasteiger partial charge on any atom is 0.123 e. The molecule has 2 nitrogen and oxygen atoms in total. The van der Waals surface area contributed by atoms with Crippen LogP contribution in [-0.2, 0) is 4.74 Å². The average molecular weight is 251 g/mol. The van der Waals surface area contributed by atoms with E-state index in [1.165, 1.54) is 6.07 Å². The Kier molecular flexibility index (Phi) is 4.72. The summed E-state index contributed by atoms with van der Waals surface area (Å²) in [4.78, 5) is 0. The van der Waals surface area contributed by atoms with Gasteiger partial charge in [0.25, 0.3) is 0 Å². The molecular weight excluding hydrogens is 229 g/mol. The van der Waals surface area contributed by atoms with Gasteiger partial charge in [-0.15, -0.1) is 0 Å². The number of ether oxygens (including phenoxy) is 1. The standard InChI is InChI=1S/C15H22FNO/c1-3-14-13(8-9-18-14)15(17-4-2)11-6-5-7-12(16)10-11/h5-7,10,13-15,17H,3-4,8-9H2,1-2H3. The third-order valence-electron chi connectivity index (χ3n) is 3.72. The molecule has 0 aliphatic carbocycles. The molecule has 3 heteroatoms. The molecule has 100 valence electrons. The second-order valence-corrected chi connectivity index (χ2v) is 4.86. The van der Waals surface area contributed by atoms with Crippen molar-refractivity contribution in [3.05, 3.63) is 35.6 Å². The molecule has 1 heterocycles. The van der Waals surface area contributed by atoms with Crippen LogP contribution in [0.15, 0.2) is 24.3 Å². The maximum atomic E-state index is 13.4. The zero-order chi connectivity index (χ0) is 13.0. The summed E-state index contributed by atoms with van der Waals surface area (Å²) in [5.41, 5.74) is 1.03. The first-order valence-corrected chi connectivity index (χ1v) is 6.86. The number of hydrogen-bond acceptors (Lipinski definition) is 2. The molecule has 0 spiro atoms. The highest BCUT2D eigenvalue weighted by Gasteiger charge is 2.34. The zero-order valence-electron chi connectivity index (χ0n) is 11.2. The maximum absolute atomic E-state index is 13.4. The Morgan fingerprint density at radius 3 is 2.94 bits per heavy atom. The van der Waals surface area contributed by atoms with Gasteiger partial charge in [0.2, 0.25) is 0 Å². The van der Waals surface area contributed by atoms with Crippen LogP contribution in [0.2, 0.25) is 0 Å². The molecule has 0 radical (unpaired) electrons. The van der Waals surface area contributed by atoms with Gasteiger partial charge in [0.15, 0.2) is 0 Å². The van der Waals surface area contributed by atoms with Crippen molar-refractivity contribution < 1.29 is 9.13 Å². The molecule has 0 bridgehead atoms. The third-order valence-corrected chi connectivity index (χ3v) is 3.72. The fraction of sp³-hybridized carbons (Fsp3) is 0.600. The lowest BCUT2D eigenvalue weighted by Gasteiger charge is -2.28. The first kappa shape index (κ1) is 13.5. The van der Waals surface area contributed by atoms with Crippen molar-refractivity contribution in [3.63, 3.8) is 0 Å². The van der Waals surface area contributed by atoms with Gasteiger partial charge in [-0.2, -0.15) is 0 Å². The first-order valence-electron chi connectivity index (χ1n) is 6.86. The number of benzene rings is 1. The van der Waals surface area contributed by atoms with Gasteiger partial charge >= 0.3 is 0 Å². The fourth-order valence-corrected chi connectivity index (χ4v) is 2.90. The molecule has 0 saturated carbocycles. The molecule has 1 aliphatic heterocycles. The lowest BCUT2D eigenvalue weighted by atomic mass is 9.86. The quantitative estimate of drug-likeness (QED) is 0.867. The minimum atomic E-state index is -0.164. The highest BCUT2D eigenvalue weighted by Crippen LogP contribution is 2.34. The van der Waals surface area contributed by atoms with Crippen molar-refractivity contribution >= 4 is 0 Å². The summed E-state index contributed by atoms with van der Waals surface area (Å²) in [6, 6.07) is 7.11. The van der Waals surface area contributed by atoms with E-state index in [2.05, 4.69) is 19.2 Å². The van der Waals surface area contributed by atoms with Crippen LogP contribution in [0.1, 0.15) is 38.3 Å². The van der Waals surface area contributed by atoms with Crippen LogP contribution in [0.3, 0.4) is 0 Å². The van der Waals surface area contributed by atoms with Gasteiger partial charge in [-0.3, -0.25) is 0 Å². The van der Waals surface area contributed by atoms with Crippen LogP contribution in [0.25, 0.3) is 0 Å². The highest BCUT2D eigenvalue weighted by atomic mass is 19.1. The molecule has 2 rings (SSSR count). The molecule has 3 atom stereocenters. The van der Waals surface area contributed by atoms with Gasteiger partial charge in [0, 0.05) is 18.6 Å². The Morgan fingerprint density at radius 1 is 1.44 bits per heavy atom. The Bertz CT molecular complexity index is 383. The van der Waals surface area contributed by atoms with Crippen molar-refractivity contribution in [2.45, 2.75) is 38.8 Å². The normalized spacial score (nSPS) is 25.3. The van der Waals surface area contributed by atoms with Crippen LogP contribution >= 0.6 is 0 Å². The largest absolute Gasteiger partial charge is 0.378 e. The van der Waals surface area contributed by atoms with E-state index in [1.807, 2.05) is 6.07 Å². The lowest BCUT2D eigenvalue weighted by Crippen LogP contribution is -2.32. The van der Waals surface area contributed by atoms with Gasteiger partial charge < -0.3 is 10.1 Å². The summed E-state index contributed by atoms with van der Waals surface area (Å²) in [5, 5.41) is 3.49. The summed E-state index contributed by atoms with van der Waals surface area (Å²) < 4.78 is 19.1. The number of rotatable bonds is 5. The van der Waals surface area contributed by atoms with Crippen molar-refractivity contribution in [2.24, 2.45) is 5.92 Å². The van der Waals surface area contributed by atoms with Gasteiger partial charge in [0.1, 0.15) is 5.82 Å². The van der Waals surface area contributed by atoms with Crippen molar-refractivity contribution in [1.82, 2.24) is 5.32 Å². The Hall–Kier alpha value is -0.930. The summed E-state index contributed by atoms with van der Waals surface area (Å²) in [6.45, 7) is 5.94. The molecule has 0 aromatic heterocycles. The fourth-order valence-electron chi connectivity index (χ4n) is 2.90. The van der Waals surface area contributed by atoms with Crippen LogP contribution in [0, 0.1) is 11.7 Å². The monoisotopic (exact) mass is 251 g/mol. The first-order chi connectivity index (χ1) is 8.76. The van der Waals surface area contributed by atoms with Gasteiger partial charge in [-0.1, -0.05) is 26.0 Å². The number of hydrogen-bond donors (Lipinski definition) is 1. The van der Waals surface area contributed by atoms with E-state index in [4.69, 9.17) is 4.74 Å². The second-order valence-electron chi connectivity index (χ2n) is 4.86. The lowest BCUT2D eigenvalue weighted by molar-refractivity contribution is 0.0775. The van der Waals surface area contributed by atoms with Crippen LogP contribution in [-0.4, -0.2) is 19.3 Å². The smallest absolute Gasteiger partial charge is 0.123 e. The molecule has 1 N–H and O–H groups in total. The summed E-state index contributed by atoms with van der Waals surface area (Å²) in [7, 11) is 0. The van der Waals surface area contributed by atoms with E-state index in [0.29, 0.717) is 5.92 Å². The SMILES string of the molecule is CCNC(c1cccc(F)c1)C1CCOC1CC. The van der Waals surface area contributed by atoms with Gasteiger partial charge in [-0.05, 0) is 37.1 Å². The Morgan fingerprint density at radius 2 is 2.28 bits per heavy atom. The van der Waals surface area contributed by atoms with Crippen molar-refractivity contribution in [3.8, 4) is 0 Å². The number of halogens is 1. The Labute approximate surface area is 109 Å². The van der Waals surface area contributed by atoms with Crippen LogP contribution in [0.4, 0.5) is 4.39 Å². The van der Waals surface area contributed by atoms with Crippen molar-refractivity contribution in [1.29, 1.82) is 0 Å². The van der Waals surface area contributed by atoms with Crippen molar-refractivity contribution in [2.75, 3.05) is 13.2 Å². The molecule has 1 aliphatic rings. The van der Waals surface area contributed by atoms with Gasteiger partial charge in [0.05, 0.1) is 6.10 Å². The van der Waals surface area contributed by atoms with E-state index in [-0.39, 0.29) is 18.0 Å². The molecule has 3 unspecified atom stereocenters. The van der Waals surface area contributed by atoms with Crippen LogP contribution in [0.5, 0.6) is 0 Å². The zero-order valence-corrected chi connectivity index (χ0v) is 11.2. The summed E-state index contributed by atoms with van der Waals surface area (Å²) in [6.07, 6.45) is 2.35. The predicted molar refractivity (Wildman–Crippen MR) is 71.0 cm³/mol. The Balaban J connectivity index is 2.22. The van der Waals surface area contributed by atoms with Crippen LogP contribution < -0.4 is 5.32 Å². The molecule has 1 saturated heterocycles. The second kappa shape index (κ2) is 6.30. The highest BCUT2D eigenvalue weighted by molar-refractivity contribution is 5.21. The van der Waals surface area contributed by atoms with E-state index < -0.39 is 0 Å². The van der Waals surface area contributed by atoms with E-state index >= 15 is 0 Å². The minimum absolute atomic E-state index is 0.164. The van der Waals surface area contributed by atoms with Gasteiger partial charge in [-0.25, -0.2) is 4.39 Å². The molecule has 1 aromatic rings. The molecule has 0 amide bonds. The molecular formula is C15H22FNO. The third kappa shape index (κ3) is 2.90. The van der Waals surface area contributed by atoms with E-state index in [0.717, 1.165) is 31.6 Å². The molecule has 18 heavy (non-hydrogen) atoms. The average Bonchev–Trinajstić information content (AvgIpc) is 2.84. The van der Waals surface area contributed by atoms with E-state index in [1.54, 1.807) is 12.1 Å². The summed E-state index contributed by atoms with van der Waals surface area (Å²) >= 11 is 0. The number of nitrogens with one attached hydrogen (secondary N) is 1. The summed E-state index contributed by atoms with van der Waals surface area (Å²) in [5.74, 6) is 0.277. The topological polar surface area (TPSA) is 21.3 Å².